The van der Waals surface area contributed by atoms with E-state index < -0.39 is 5.97 Å². The Labute approximate surface area is 165 Å². The number of benzene rings is 3. The van der Waals surface area contributed by atoms with Gasteiger partial charge in [-0.15, -0.1) is 0 Å². The van der Waals surface area contributed by atoms with Gasteiger partial charge in [-0.2, -0.15) is 0 Å². The van der Waals surface area contributed by atoms with E-state index in [0.717, 1.165) is 36.1 Å². The van der Waals surface area contributed by atoms with Crippen molar-refractivity contribution in [1.82, 2.24) is 0 Å². The Bertz CT molecular complexity index is 919. The van der Waals surface area contributed by atoms with Gasteiger partial charge < -0.3 is 14.6 Å². The SMILES string of the molecule is COc1cc(CCCc2ccccc2OCc2ccccc2)ccc1C(=O)O. The molecule has 28 heavy (non-hydrogen) atoms. The van der Waals surface area contributed by atoms with Crippen LogP contribution in [0.3, 0.4) is 0 Å². The van der Waals surface area contributed by atoms with Gasteiger partial charge in [-0.3, -0.25) is 0 Å². The Balaban J connectivity index is 1.60. The van der Waals surface area contributed by atoms with Gasteiger partial charge in [0.25, 0.3) is 0 Å². The van der Waals surface area contributed by atoms with Gasteiger partial charge in [0, 0.05) is 0 Å². The van der Waals surface area contributed by atoms with E-state index in [0.29, 0.717) is 12.4 Å². The molecule has 4 heteroatoms. The Kier molecular flexibility index (Phi) is 6.68. The predicted octanol–water partition coefficient (Wildman–Crippen LogP) is 5.15. The second-order valence-electron chi connectivity index (χ2n) is 6.58. The molecule has 4 nitrogen and oxygen atoms in total. The molecule has 3 aromatic rings. The van der Waals surface area contributed by atoms with Crippen molar-refractivity contribution < 1.29 is 19.4 Å². The van der Waals surface area contributed by atoms with Gasteiger partial charge in [0.15, 0.2) is 0 Å². The van der Waals surface area contributed by atoms with Gasteiger partial charge in [0.2, 0.25) is 0 Å². The number of methoxy groups -OCH3 is 1. The number of rotatable bonds is 9. The van der Waals surface area contributed by atoms with Gasteiger partial charge >= 0.3 is 5.97 Å². The van der Waals surface area contributed by atoms with E-state index in [-0.39, 0.29) is 5.56 Å². The van der Waals surface area contributed by atoms with Crippen molar-refractivity contribution in [1.29, 1.82) is 0 Å². The fourth-order valence-corrected chi connectivity index (χ4v) is 3.14. The van der Waals surface area contributed by atoms with Crippen molar-refractivity contribution in [3.8, 4) is 11.5 Å². The summed E-state index contributed by atoms with van der Waals surface area (Å²) in [6, 6.07) is 23.5. The summed E-state index contributed by atoms with van der Waals surface area (Å²) in [5.74, 6) is 0.328. The summed E-state index contributed by atoms with van der Waals surface area (Å²) in [6.45, 7) is 0.547. The highest BCUT2D eigenvalue weighted by molar-refractivity contribution is 5.90. The summed E-state index contributed by atoms with van der Waals surface area (Å²) in [7, 11) is 1.49. The monoisotopic (exact) mass is 376 g/mol. The molecule has 0 aliphatic carbocycles. The second-order valence-corrected chi connectivity index (χ2v) is 6.58. The Morgan fingerprint density at radius 3 is 2.36 bits per heavy atom. The predicted molar refractivity (Wildman–Crippen MR) is 109 cm³/mol. The van der Waals surface area contributed by atoms with Gasteiger partial charge in [-0.1, -0.05) is 54.6 Å². The number of para-hydroxylation sites is 1. The molecule has 0 saturated heterocycles. The molecule has 0 aromatic heterocycles. The molecule has 1 N–H and O–H groups in total. The normalized spacial score (nSPS) is 10.5. The zero-order valence-electron chi connectivity index (χ0n) is 15.9. The number of hydrogen-bond acceptors (Lipinski definition) is 3. The van der Waals surface area contributed by atoms with Crippen LogP contribution in [0.2, 0.25) is 0 Å². The fourth-order valence-electron chi connectivity index (χ4n) is 3.14. The van der Waals surface area contributed by atoms with Crippen molar-refractivity contribution in [3.05, 3.63) is 95.1 Å². The minimum atomic E-state index is -0.979. The molecule has 3 aromatic carbocycles. The molecular weight excluding hydrogens is 352 g/mol. The molecule has 0 bridgehead atoms. The summed E-state index contributed by atoms with van der Waals surface area (Å²) in [6.07, 6.45) is 2.65. The number of carboxylic acid groups (broad SMARTS) is 1. The van der Waals surface area contributed by atoms with Crippen LogP contribution in [0.5, 0.6) is 11.5 Å². The van der Waals surface area contributed by atoms with Gasteiger partial charge in [0.1, 0.15) is 23.7 Å². The Hall–Kier alpha value is -3.27. The lowest BCUT2D eigenvalue weighted by Crippen LogP contribution is -2.02. The van der Waals surface area contributed by atoms with Crippen LogP contribution in [0.1, 0.15) is 33.5 Å². The fraction of sp³-hybridized carbons (Fsp3) is 0.208. The van der Waals surface area contributed by atoms with Crippen molar-refractivity contribution in [3.63, 3.8) is 0 Å². The quantitative estimate of drug-likeness (QED) is 0.561. The first-order chi connectivity index (χ1) is 13.7. The Morgan fingerprint density at radius 1 is 0.857 bits per heavy atom. The number of ether oxygens (including phenoxy) is 2. The molecule has 0 spiro atoms. The molecule has 0 aliphatic rings. The van der Waals surface area contributed by atoms with E-state index in [2.05, 4.69) is 18.2 Å². The van der Waals surface area contributed by atoms with E-state index in [9.17, 15) is 9.90 Å². The average Bonchev–Trinajstić information content (AvgIpc) is 2.73. The number of aromatic carboxylic acids is 1. The van der Waals surface area contributed by atoms with Crippen LogP contribution in [0, 0.1) is 0 Å². The van der Waals surface area contributed by atoms with Crippen LogP contribution < -0.4 is 9.47 Å². The van der Waals surface area contributed by atoms with Crippen LogP contribution in [-0.4, -0.2) is 18.2 Å². The van der Waals surface area contributed by atoms with Crippen LogP contribution in [0.25, 0.3) is 0 Å². The number of aryl methyl sites for hydroxylation is 2. The van der Waals surface area contributed by atoms with Crippen molar-refractivity contribution in [2.75, 3.05) is 7.11 Å². The smallest absolute Gasteiger partial charge is 0.339 e. The highest BCUT2D eigenvalue weighted by Crippen LogP contribution is 2.24. The maximum Gasteiger partial charge on any atom is 0.339 e. The molecule has 0 heterocycles. The summed E-state index contributed by atoms with van der Waals surface area (Å²) >= 11 is 0. The molecule has 0 atom stereocenters. The van der Waals surface area contributed by atoms with Crippen molar-refractivity contribution in [2.24, 2.45) is 0 Å². The van der Waals surface area contributed by atoms with Crippen LogP contribution >= 0.6 is 0 Å². The third-order valence-electron chi connectivity index (χ3n) is 4.62. The molecular formula is C24H24O4. The van der Waals surface area contributed by atoms with E-state index in [1.54, 1.807) is 12.1 Å². The molecule has 0 radical (unpaired) electrons. The lowest BCUT2D eigenvalue weighted by molar-refractivity contribution is 0.0693. The molecule has 3 rings (SSSR count). The number of carbonyl (C=O) groups is 1. The van der Waals surface area contributed by atoms with Crippen molar-refractivity contribution >= 4 is 5.97 Å². The molecule has 0 unspecified atom stereocenters. The lowest BCUT2D eigenvalue weighted by Gasteiger charge is -2.12. The molecule has 0 aliphatic heterocycles. The van der Waals surface area contributed by atoms with E-state index in [4.69, 9.17) is 9.47 Å². The van der Waals surface area contributed by atoms with E-state index >= 15 is 0 Å². The van der Waals surface area contributed by atoms with Gasteiger partial charge in [-0.05, 0) is 54.2 Å². The second kappa shape index (κ2) is 9.60. The lowest BCUT2D eigenvalue weighted by atomic mass is 10.0. The summed E-state index contributed by atoms with van der Waals surface area (Å²) in [5.41, 5.74) is 3.56. The number of carboxylic acids is 1. The van der Waals surface area contributed by atoms with E-state index in [1.807, 2.05) is 42.5 Å². The molecule has 144 valence electrons. The standard InChI is InChI=1S/C24H24O4/c1-27-23-16-18(14-15-21(23)24(25)26)10-7-12-20-11-5-6-13-22(20)28-17-19-8-3-2-4-9-19/h2-6,8-9,11,13-16H,7,10,12,17H2,1H3,(H,25,26). The van der Waals surface area contributed by atoms with Crippen molar-refractivity contribution in [2.45, 2.75) is 25.9 Å². The maximum atomic E-state index is 11.2. The Morgan fingerprint density at radius 2 is 1.61 bits per heavy atom. The third-order valence-corrected chi connectivity index (χ3v) is 4.62. The summed E-state index contributed by atoms with van der Waals surface area (Å²) in [5, 5.41) is 9.18. The average molecular weight is 376 g/mol. The zero-order valence-corrected chi connectivity index (χ0v) is 15.9. The summed E-state index contributed by atoms with van der Waals surface area (Å²) in [4.78, 5) is 11.2. The highest BCUT2D eigenvalue weighted by Gasteiger charge is 2.11. The summed E-state index contributed by atoms with van der Waals surface area (Å²) < 4.78 is 11.2. The first kappa shape index (κ1) is 19.5. The van der Waals surface area contributed by atoms with Crippen LogP contribution in [0.15, 0.2) is 72.8 Å². The first-order valence-corrected chi connectivity index (χ1v) is 9.32. The maximum absolute atomic E-state index is 11.2. The largest absolute Gasteiger partial charge is 0.496 e. The van der Waals surface area contributed by atoms with E-state index in [1.165, 1.54) is 12.7 Å². The van der Waals surface area contributed by atoms with Crippen LogP contribution in [0.4, 0.5) is 0 Å². The minimum absolute atomic E-state index is 0.186. The molecule has 0 fully saturated rings. The first-order valence-electron chi connectivity index (χ1n) is 9.32. The molecule has 0 saturated carbocycles. The van der Waals surface area contributed by atoms with Gasteiger partial charge in [0.05, 0.1) is 7.11 Å². The van der Waals surface area contributed by atoms with Gasteiger partial charge in [-0.25, -0.2) is 4.79 Å². The van der Waals surface area contributed by atoms with Crippen LogP contribution in [-0.2, 0) is 19.4 Å². The minimum Gasteiger partial charge on any atom is -0.496 e. The topological polar surface area (TPSA) is 55.8 Å². The highest BCUT2D eigenvalue weighted by atomic mass is 16.5. The number of hydrogen-bond donors (Lipinski definition) is 1. The third kappa shape index (κ3) is 5.13. The zero-order chi connectivity index (χ0) is 19.8. The molecule has 0 amide bonds.